The van der Waals surface area contributed by atoms with Gasteiger partial charge in [0.15, 0.2) is 5.78 Å². The number of hydrogen-bond acceptors (Lipinski definition) is 35. The Balaban J connectivity index is 0.000000787. The second-order valence-corrected chi connectivity index (χ2v) is 32.6. The summed E-state index contributed by atoms with van der Waals surface area (Å²) in [7, 11) is 6.21. The van der Waals surface area contributed by atoms with Crippen LogP contribution in [-0.4, -0.2) is 334 Å². The number of nitrogens with zero attached hydrogens (tertiary/aromatic N) is 19. The molecule has 1 aromatic carbocycles. The first-order valence-electron chi connectivity index (χ1n) is 42.5. The van der Waals surface area contributed by atoms with Crippen molar-refractivity contribution in [2.24, 2.45) is 0 Å². The predicted molar refractivity (Wildman–Crippen MR) is 486 cm³/mol. The molecule has 0 spiro atoms. The molecule has 0 aliphatic carbocycles. The minimum atomic E-state index is -1.05. The Labute approximate surface area is 800 Å². The zero-order chi connectivity index (χ0) is 95.2. The third-order valence-corrected chi connectivity index (χ3v) is 17.9. The number of piperazine rings is 4. The topological polar surface area (TPSA) is 469 Å². The van der Waals surface area contributed by atoms with Crippen LogP contribution in [0.4, 0.5) is 47.4 Å². The molecule has 45 heteroatoms. The van der Waals surface area contributed by atoms with Crippen molar-refractivity contribution in [2.75, 3.05) is 192 Å². The van der Waals surface area contributed by atoms with E-state index < -0.39 is 46.1 Å². The SMILES string of the molecule is C1CCNCC1.C1CCOC1.CC.CC(C)(C)OC(=O)N1CCN(c2ncc(C(=O)O)cn2)CC1.CC(C)(C)OC(=O)N1CCN(c2ncc(C(=O)c3ccc(F)cc3)cn2)CC1.CCOC(=O)c1cnc(Cl)nc1.CCOC(=O)c1cnc(N2CCN(C(=O)OC(C)(C)C)CC2)nc1.CNOC.CON(C)C(=O)c1cnc(N2CCN(C(=O)OC(C)(C)C)CC2)nc1.Cl.[Na+].[OH-]. The van der Waals surface area contributed by atoms with Gasteiger partial charge in [-0.3, -0.25) is 14.4 Å². The monoisotopic (exact) mass is 1890 g/mol. The minimum Gasteiger partial charge on any atom is -0.870 e. The first-order chi connectivity index (χ1) is 60.6. The molecule has 724 valence electrons. The molecule has 0 atom stereocenters. The van der Waals surface area contributed by atoms with Gasteiger partial charge >= 0.3 is 71.8 Å². The number of rotatable bonds is 14. The van der Waals surface area contributed by atoms with E-state index in [0.29, 0.717) is 170 Å². The molecule has 0 bridgehead atoms. The molecule has 131 heavy (non-hydrogen) atoms. The van der Waals surface area contributed by atoms with Gasteiger partial charge < -0.3 is 93.1 Å². The van der Waals surface area contributed by atoms with E-state index in [1.54, 1.807) is 47.6 Å². The Morgan fingerprint density at radius 3 is 0.954 bits per heavy atom. The number of amides is 5. The second kappa shape index (κ2) is 61.4. The molecule has 11 heterocycles. The molecular formula is C86H133Cl2FN21NaO20. The van der Waals surface area contributed by atoms with Gasteiger partial charge in [0, 0.05) is 200 Å². The van der Waals surface area contributed by atoms with Crippen LogP contribution in [0.3, 0.4) is 0 Å². The van der Waals surface area contributed by atoms with Gasteiger partial charge in [-0.1, -0.05) is 20.3 Å². The van der Waals surface area contributed by atoms with Gasteiger partial charge in [-0.25, -0.2) is 98.3 Å². The standard InChI is InChI=1S/C20H23FN4O3.C16H25N5O4.C16H24N4O4.C14H20N4O4.C7H7ClN2O2.C5H11N.C4H8O.C2H7NO.C2H6.ClH.Na.H2O/c1-20(2,3)28-19(27)25-10-8-24(9-11-25)18-22-12-15(13-23-18)17(26)14-4-6-16(21)7-5-14;1-16(2,3)25-15(23)21-8-6-20(7-9-21)14-17-10-12(11-18-14)13(22)19(4)24-5;1-5-23-13(21)12-10-17-14(18-11-12)19-6-8-20(9-7-19)15(22)24-16(2,3)4;1-14(2,3)22-13(21)18-6-4-17(5-7-18)12-15-8-10(9-16-12)11(19)20;1-2-12-6(11)5-3-9-7(8)10-4-5;1-2-4-6-5-3-1;1-2-4-5-3-1;1-3-4-2;1-2;;;/h4-7,12-13H,8-11H2,1-3H3;10-11H,6-9H2,1-5H3;10-11H,5-9H2,1-4H3;8-9H,4-7H2,1-3H3,(H,19,20);3-4H,2H2,1H3;6H,1-5H2;1-4H2;3H,1-2H3;1-2H3;1H;;1H2/q;;;;;;;;;;+1;/p-1. The molecule has 41 nitrogen and oxygen atoms in total. The first kappa shape index (κ1) is 119. The quantitative estimate of drug-likeness (QED) is 0.0233. The summed E-state index contributed by atoms with van der Waals surface area (Å²) in [5.74, 6) is -0.867. The van der Waals surface area contributed by atoms with Crippen molar-refractivity contribution in [3.8, 4) is 0 Å². The van der Waals surface area contributed by atoms with Crippen LogP contribution in [-0.2, 0) is 42.8 Å². The number of piperidine rings is 1. The summed E-state index contributed by atoms with van der Waals surface area (Å²) in [5, 5.41) is 13.3. The van der Waals surface area contributed by atoms with Gasteiger partial charge in [0.1, 0.15) is 28.2 Å². The van der Waals surface area contributed by atoms with E-state index in [1.165, 1.54) is 146 Å². The molecule has 6 aliphatic rings. The fourth-order valence-corrected chi connectivity index (χ4v) is 11.3. The molecule has 6 saturated heterocycles. The van der Waals surface area contributed by atoms with Crippen LogP contribution < -0.4 is 60.0 Å². The number of ketones is 1. The number of carboxylic acids is 1. The molecule has 0 saturated carbocycles. The second-order valence-electron chi connectivity index (χ2n) is 32.3. The Kier molecular flexibility index (Phi) is 55.7. The molecule has 12 rings (SSSR count). The van der Waals surface area contributed by atoms with Gasteiger partial charge in [-0.15, -0.1) is 12.4 Å². The number of aromatic carboxylic acids is 1. The number of hydrogen-bond donors (Lipinski definition) is 3. The van der Waals surface area contributed by atoms with Crippen LogP contribution in [0.2, 0.25) is 5.28 Å². The van der Waals surface area contributed by atoms with Crippen molar-refractivity contribution in [3.05, 3.63) is 131 Å². The van der Waals surface area contributed by atoms with Crippen LogP contribution >= 0.6 is 24.0 Å². The number of aromatic nitrogens is 10. The molecule has 4 N–H and O–H groups in total. The summed E-state index contributed by atoms with van der Waals surface area (Å²) < 4.78 is 49.0. The summed E-state index contributed by atoms with van der Waals surface area (Å²) in [6, 6.07) is 5.35. The molecular weight excluding hydrogens is 1760 g/mol. The van der Waals surface area contributed by atoms with Crippen molar-refractivity contribution in [1.29, 1.82) is 0 Å². The number of carbonyl (C=O) groups excluding carboxylic acids is 8. The van der Waals surface area contributed by atoms with E-state index in [-0.39, 0.29) is 94.4 Å². The van der Waals surface area contributed by atoms with Gasteiger partial charge in [0.2, 0.25) is 29.1 Å². The number of carboxylic acid groups (broad SMARTS) is 1. The summed E-state index contributed by atoms with van der Waals surface area (Å²) >= 11 is 5.42. The maximum atomic E-state index is 13.0. The number of benzene rings is 1. The Morgan fingerprint density at radius 1 is 0.450 bits per heavy atom. The normalized spacial score (nSPS) is 14.6. The van der Waals surface area contributed by atoms with Gasteiger partial charge in [-0.05, 0) is 172 Å². The summed E-state index contributed by atoms with van der Waals surface area (Å²) in [6.45, 7) is 43.6. The number of ether oxygens (including phenoxy) is 7. The number of anilines is 4. The Hall–Kier alpha value is -10.3. The smallest absolute Gasteiger partial charge is 0.870 e. The van der Waals surface area contributed by atoms with E-state index in [0.717, 1.165) is 18.3 Å². The van der Waals surface area contributed by atoms with Gasteiger partial charge in [-0.2, -0.15) is 0 Å². The van der Waals surface area contributed by atoms with Crippen molar-refractivity contribution in [3.63, 3.8) is 0 Å². The Bertz CT molecular complexity index is 4280. The van der Waals surface area contributed by atoms with Gasteiger partial charge in [0.05, 0.1) is 55.3 Å². The number of nitrogens with one attached hydrogen (secondary N) is 2. The van der Waals surface area contributed by atoms with Crippen molar-refractivity contribution in [1.82, 2.24) is 85.3 Å². The maximum Gasteiger partial charge on any atom is 1.00 e. The minimum absolute atomic E-state index is 0. The van der Waals surface area contributed by atoms with Crippen LogP contribution in [0.5, 0.6) is 0 Å². The zero-order valence-electron chi connectivity index (χ0n) is 79.6. The van der Waals surface area contributed by atoms with E-state index in [9.17, 15) is 47.5 Å². The van der Waals surface area contributed by atoms with Crippen LogP contribution in [0.25, 0.3) is 0 Å². The molecule has 5 amide bonds. The third-order valence-electron chi connectivity index (χ3n) is 17.7. The summed E-state index contributed by atoms with van der Waals surface area (Å²) in [5.41, 5.74) is 2.14. The van der Waals surface area contributed by atoms with Crippen LogP contribution in [0.15, 0.2) is 86.2 Å². The summed E-state index contributed by atoms with van der Waals surface area (Å²) in [6.07, 6.45) is 19.5. The van der Waals surface area contributed by atoms with E-state index in [2.05, 4.69) is 65.5 Å². The van der Waals surface area contributed by atoms with E-state index in [4.69, 9.17) is 54.7 Å². The molecule has 6 fully saturated rings. The number of carbonyl (C=O) groups is 9. The zero-order valence-corrected chi connectivity index (χ0v) is 83.2. The van der Waals surface area contributed by atoms with Crippen LogP contribution in [0.1, 0.15) is 200 Å². The molecule has 6 aliphatic heterocycles. The first-order valence-corrected chi connectivity index (χ1v) is 42.9. The largest absolute Gasteiger partial charge is 1.00 e. The van der Waals surface area contributed by atoms with Crippen molar-refractivity contribution >= 4 is 102 Å². The van der Waals surface area contributed by atoms with Crippen LogP contribution in [0, 0.1) is 5.82 Å². The average Bonchev–Trinajstić information content (AvgIpc) is 1.82. The summed E-state index contributed by atoms with van der Waals surface area (Å²) in [4.78, 5) is 170. The fourth-order valence-electron chi connectivity index (χ4n) is 11.2. The maximum absolute atomic E-state index is 13.0. The molecule has 0 unspecified atom stereocenters. The van der Waals surface area contributed by atoms with Crippen molar-refractivity contribution in [2.45, 2.75) is 165 Å². The third kappa shape index (κ3) is 46.1. The Morgan fingerprint density at radius 2 is 0.725 bits per heavy atom. The van der Waals surface area contributed by atoms with Crippen molar-refractivity contribution < 1.29 is 131 Å². The molecule has 0 radical (unpaired) electrons. The molecule has 6 aromatic rings. The number of halogens is 3. The van der Waals surface area contributed by atoms with E-state index >= 15 is 0 Å². The fraction of sp³-hybridized carbons (Fsp3) is 0.593. The number of hydroxylamine groups is 3. The number of esters is 2. The molecule has 5 aromatic heterocycles. The van der Waals surface area contributed by atoms with E-state index in [1.807, 2.05) is 117 Å². The predicted octanol–water partition coefficient (Wildman–Crippen LogP) is 7.92. The average molecular weight is 1890 g/mol. The van der Waals surface area contributed by atoms with Gasteiger partial charge in [0.25, 0.3) is 5.91 Å².